The lowest BCUT2D eigenvalue weighted by molar-refractivity contribution is 0.102. The van der Waals surface area contributed by atoms with E-state index in [2.05, 4.69) is 20.3 Å². The van der Waals surface area contributed by atoms with Crippen molar-refractivity contribution in [1.29, 1.82) is 0 Å². The van der Waals surface area contributed by atoms with Crippen LogP contribution in [0.2, 0.25) is 0 Å². The molecule has 37 heavy (non-hydrogen) atoms. The number of hydrogen-bond donors (Lipinski definition) is 1. The van der Waals surface area contributed by atoms with Crippen molar-refractivity contribution < 1.29 is 4.79 Å². The molecule has 0 saturated carbocycles. The number of imidazole rings is 1. The Labute approximate surface area is 213 Å². The fourth-order valence-electron chi connectivity index (χ4n) is 4.64. The van der Waals surface area contributed by atoms with Crippen molar-refractivity contribution in [3.63, 3.8) is 0 Å². The average molecular weight is 488 g/mol. The van der Waals surface area contributed by atoms with Gasteiger partial charge in [0.15, 0.2) is 0 Å². The van der Waals surface area contributed by atoms with Crippen LogP contribution < -0.4 is 5.32 Å². The fourth-order valence-corrected chi connectivity index (χ4v) is 4.64. The van der Waals surface area contributed by atoms with Gasteiger partial charge in [-0.25, -0.2) is 4.98 Å². The summed E-state index contributed by atoms with van der Waals surface area (Å²) >= 11 is 0. The molecule has 0 bridgehead atoms. The molecular weight excluding hydrogens is 462 g/mol. The molecule has 8 nitrogen and oxygen atoms in total. The summed E-state index contributed by atoms with van der Waals surface area (Å²) in [4.78, 5) is 26.8. The predicted octanol–water partition coefficient (Wildman–Crippen LogP) is 5.37. The molecule has 0 atom stereocenters. The molecular formula is C29H25N7O. The molecule has 0 saturated heterocycles. The Hall–Kier alpha value is -4.85. The topological polar surface area (TPSA) is 90.0 Å². The normalized spacial score (nSPS) is 11.3. The van der Waals surface area contributed by atoms with Crippen molar-refractivity contribution in [2.75, 3.05) is 5.32 Å². The molecule has 0 fully saturated rings. The Morgan fingerprint density at radius 2 is 1.76 bits per heavy atom. The quantitative estimate of drug-likeness (QED) is 0.353. The number of aryl methyl sites for hydroxylation is 3. The van der Waals surface area contributed by atoms with E-state index in [0.29, 0.717) is 23.6 Å². The Morgan fingerprint density at radius 1 is 0.892 bits per heavy atom. The molecule has 0 radical (unpaired) electrons. The summed E-state index contributed by atoms with van der Waals surface area (Å²) in [7, 11) is 0. The highest BCUT2D eigenvalue weighted by Crippen LogP contribution is 2.28. The van der Waals surface area contributed by atoms with Crippen LogP contribution in [0, 0.1) is 20.8 Å². The summed E-state index contributed by atoms with van der Waals surface area (Å²) < 4.78 is 3.72. The number of fused-ring (bicyclic) bond motifs is 2. The van der Waals surface area contributed by atoms with Gasteiger partial charge >= 0.3 is 0 Å². The summed E-state index contributed by atoms with van der Waals surface area (Å²) in [6.07, 6.45) is 5.31. The maximum Gasteiger partial charge on any atom is 0.274 e. The molecule has 0 aliphatic heterocycles. The molecule has 1 N–H and O–H groups in total. The van der Waals surface area contributed by atoms with Crippen LogP contribution in [0.25, 0.3) is 27.7 Å². The molecule has 0 spiro atoms. The van der Waals surface area contributed by atoms with Gasteiger partial charge in [-0.05, 0) is 68.8 Å². The van der Waals surface area contributed by atoms with E-state index in [0.717, 1.165) is 44.8 Å². The van der Waals surface area contributed by atoms with Crippen molar-refractivity contribution in [1.82, 2.24) is 29.1 Å². The zero-order valence-electron chi connectivity index (χ0n) is 20.8. The minimum atomic E-state index is -0.239. The van der Waals surface area contributed by atoms with Crippen LogP contribution in [0.1, 0.15) is 33.3 Å². The number of rotatable bonds is 5. The average Bonchev–Trinajstić information content (AvgIpc) is 3.45. The molecule has 5 aromatic heterocycles. The first kappa shape index (κ1) is 22.6. The maximum atomic E-state index is 13.4. The smallest absolute Gasteiger partial charge is 0.274 e. The third kappa shape index (κ3) is 4.23. The van der Waals surface area contributed by atoms with E-state index < -0.39 is 0 Å². The number of nitrogens with zero attached hydrogens (tertiary/aromatic N) is 6. The Balaban J connectivity index is 1.30. The SMILES string of the molecule is Cc1ccc(-c2ccn3c(C(=O)Nc4cccc5c4c(C)nn5Cc4cccc(C)n4)cnc3c2)cn1. The third-order valence-electron chi connectivity index (χ3n) is 6.45. The van der Waals surface area contributed by atoms with Gasteiger partial charge in [-0.1, -0.05) is 18.2 Å². The number of aromatic nitrogens is 6. The second kappa shape index (κ2) is 8.98. The molecule has 1 aromatic carbocycles. The van der Waals surface area contributed by atoms with Crippen LogP contribution in [-0.4, -0.2) is 35.0 Å². The van der Waals surface area contributed by atoms with E-state index in [1.165, 1.54) is 0 Å². The van der Waals surface area contributed by atoms with Crippen LogP contribution in [-0.2, 0) is 6.54 Å². The zero-order chi connectivity index (χ0) is 25.5. The Kier molecular flexibility index (Phi) is 5.49. The van der Waals surface area contributed by atoms with E-state index >= 15 is 0 Å². The second-order valence-electron chi connectivity index (χ2n) is 9.14. The summed E-state index contributed by atoms with van der Waals surface area (Å²) in [5, 5.41) is 8.73. The van der Waals surface area contributed by atoms with Crippen LogP contribution in [0.4, 0.5) is 5.69 Å². The van der Waals surface area contributed by atoms with Gasteiger partial charge in [-0.15, -0.1) is 0 Å². The van der Waals surface area contributed by atoms with Gasteiger partial charge in [0.2, 0.25) is 0 Å². The van der Waals surface area contributed by atoms with Gasteiger partial charge in [0.25, 0.3) is 5.91 Å². The summed E-state index contributed by atoms with van der Waals surface area (Å²) in [5.74, 6) is -0.239. The number of hydrogen-bond acceptors (Lipinski definition) is 5. The van der Waals surface area contributed by atoms with Crippen LogP contribution in [0.3, 0.4) is 0 Å². The zero-order valence-corrected chi connectivity index (χ0v) is 20.8. The Morgan fingerprint density at radius 3 is 2.57 bits per heavy atom. The monoisotopic (exact) mass is 487 g/mol. The van der Waals surface area contributed by atoms with Gasteiger partial charge in [-0.3, -0.25) is 23.8 Å². The standard InChI is InChI=1S/C29H25N7O/c1-18-10-11-22(15-30-18)21-12-13-35-26(16-31-27(35)14-21)29(37)33-24-8-5-9-25-28(24)20(3)34-36(25)17-23-7-4-6-19(2)32-23/h4-16H,17H2,1-3H3,(H,33,37). The number of benzene rings is 1. The van der Waals surface area contributed by atoms with Gasteiger partial charge < -0.3 is 5.32 Å². The number of pyridine rings is 3. The highest BCUT2D eigenvalue weighted by atomic mass is 16.1. The number of carbonyl (C=O) groups excluding carboxylic acids is 1. The summed E-state index contributed by atoms with van der Waals surface area (Å²) in [6.45, 7) is 6.44. The van der Waals surface area contributed by atoms with E-state index in [1.54, 1.807) is 10.6 Å². The van der Waals surface area contributed by atoms with Crippen molar-refractivity contribution in [3.05, 3.63) is 108 Å². The van der Waals surface area contributed by atoms with E-state index in [9.17, 15) is 4.79 Å². The summed E-state index contributed by atoms with van der Waals surface area (Å²) in [5.41, 5.74) is 8.50. The van der Waals surface area contributed by atoms with E-state index in [1.807, 2.05) is 98.5 Å². The first-order valence-corrected chi connectivity index (χ1v) is 12.1. The first-order chi connectivity index (χ1) is 18.0. The van der Waals surface area contributed by atoms with Crippen LogP contribution in [0.5, 0.6) is 0 Å². The molecule has 8 heteroatoms. The second-order valence-corrected chi connectivity index (χ2v) is 9.14. The number of carbonyl (C=O) groups is 1. The van der Waals surface area contributed by atoms with Crippen LogP contribution >= 0.6 is 0 Å². The molecule has 182 valence electrons. The van der Waals surface area contributed by atoms with Gasteiger partial charge in [0.05, 0.1) is 35.3 Å². The van der Waals surface area contributed by atoms with Crippen molar-refractivity contribution >= 4 is 28.1 Å². The molecule has 6 rings (SSSR count). The predicted molar refractivity (Wildman–Crippen MR) is 144 cm³/mol. The van der Waals surface area contributed by atoms with Gasteiger partial charge in [-0.2, -0.15) is 5.10 Å². The van der Waals surface area contributed by atoms with E-state index in [-0.39, 0.29) is 5.91 Å². The maximum absolute atomic E-state index is 13.4. The number of amides is 1. The summed E-state index contributed by atoms with van der Waals surface area (Å²) in [6, 6.07) is 19.7. The lowest BCUT2D eigenvalue weighted by Gasteiger charge is -2.09. The lowest BCUT2D eigenvalue weighted by atomic mass is 10.1. The van der Waals surface area contributed by atoms with Crippen molar-refractivity contribution in [2.24, 2.45) is 0 Å². The molecule has 0 aliphatic rings. The third-order valence-corrected chi connectivity index (χ3v) is 6.45. The highest BCUT2D eigenvalue weighted by Gasteiger charge is 2.17. The highest BCUT2D eigenvalue weighted by molar-refractivity contribution is 6.08. The number of nitrogens with one attached hydrogen (secondary N) is 1. The largest absolute Gasteiger partial charge is 0.320 e. The van der Waals surface area contributed by atoms with Crippen molar-refractivity contribution in [2.45, 2.75) is 27.3 Å². The molecule has 0 aliphatic carbocycles. The molecule has 1 amide bonds. The van der Waals surface area contributed by atoms with Crippen molar-refractivity contribution in [3.8, 4) is 11.1 Å². The molecule has 6 aromatic rings. The minimum absolute atomic E-state index is 0.239. The molecule has 5 heterocycles. The first-order valence-electron chi connectivity index (χ1n) is 12.1. The van der Waals surface area contributed by atoms with Crippen LogP contribution in [0.15, 0.2) is 79.3 Å². The Bertz CT molecular complexity index is 1780. The fraction of sp³-hybridized carbons (Fsp3) is 0.138. The van der Waals surface area contributed by atoms with Gasteiger partial charge in [0.1, 0.15) is 11.3 Å². The molecule has 0 unspecified atom stereocenters. The van der Waals surface area contributed by atoms with E-state index in [4.69, 9.17) is 5.10 Å². The minimum Gasteiger partial charge on any atom is -0.320 e. The van der Waals surface area contributed by atoms with Gasteiger partial charge in [0, 0.05) is 34.7 Å². The number of anilines is 1. The lowest BCUT2D eigenvalue weighted by Crippen LogP contribution is -2.14.